The van der Waals surface area contributed by atoms with E-state index in [-0.39, 0.29) is 17.2 Å². The lowest BCUT2D eigenvalue weighted by Crippen LogP contribution is -2.43. The molecular weight excluding hydrogens is 380 g/mol. The number of aryl methyl sites for hydroxylation is 1. The van der Waals surface area contributed by atoms with Crippen molar-refractivity contribution in [1.29, 1.82) is 0 Å². The highest BCUT2D eigenvalue weighted by atomic mass is 16.2. The summed E-state index contributed by atoms with van der Waals surface area (Å²) in [6, 6.07) is 6.95. The molecule has 3 rings (SSSR count). The van der Waals surface area contributed by atoms with E-state index in [1.165, 1.54) is 36.8 Å². The number of nitrogens with zero attached hydrogens (tertiary/aromatic N) is 2. The zero-order chi connectivity index (χ0) is 21.3. The lowest BCUT2D eigenvalue weighted by Gasteiger charge is -2.21. The number of hydrogen-bond acceptors (Lipinski definition) is 4. The van der Waals surface area contributed by atoms with Gasteiger partial charge in [0.15, 0.2) is 5.69 Å². The zero-order valence-corrected chi connectivity index (χ0v) is 17.8. The van der Waals surface area contributed by atoms with Crippen LogP contribution in [0.5, 0.6) is 0 Å². The van der Waals surface area contributed by atoms with Crippen molar-refractivity contribution in [2.75, 3.05) is 0 Å². The van der Waals surface area contributed by atoms with Crippen molar-refractivity contribution >= 4 is 22.6 Å². The van der Waals surface area contributed by atoms with Crippen LogP contribution in [0.3, 0.4) is 0 Å². The SMILES string of the molecule is CCCCCn1nc(C(=O)NNC(=O)CCC2CCCCC2)c2ccccc2c1=O. The number of benzene rings is 1. The van der Waals surface area contributed by atoms with E-state index >= 15 is 0 Å². The molecule has 0 spiro atoms. The Kier molecular flexibility index (Phi) is 7.99. The summed E-state index contributed by atoms with van der Waals surface area (Å²) in [6.07, 6.45) is 10.2. The van der Waals surface area contributed by atoms with E-state index in [1.807, 2.05) is 0 Å². The molecule has 1 aliphatic rings. The molecule has 1 fully saturated rings. The van der Waals surface area contributed by atoms with Gasteiger partial charge in [0.25, 0.3) is 11.5 Å². The summed E-state index contributed by atoms with van der Waals surface area (Å²) in [7, 11) is 0. The van der Waals surface area contributed by atoms with Gasteiger partial charge >= 0.3 is 0 Å². The minimum Gasteiger partial charge on any atom is -0.273 e. The molecule has 1 saturated carbocycles. The number of amides is 2. The predicted molar refractivity (Wildman–Crippen MR) is 117 cm³/mol. The van der Waals surface area contributed by atoms with E-state index in [4.69, 9.17) is 0 Å². The summed E-state index contributed by atoms with van der Waals surface area (Å²) in [6.45, 7) is 2.55. The number of hydrazine groups is 1. The molecule has 0 radical (unpaired) electrons. The summed E-state index contributed by atoms with van der Waals surface area (Å²) in [4.78, 5) is 37.6. The van der Waals surface area contributed by atoms with E-state index in [1.54, 1.807) is 24.3 Å². The van der Waals surface area contributed by atoms with Gasteiger partial charge in [0, 0.05) is 18.4 Å². The van der Waals surface area contributed by atoms with Crippen molar-refractivity contribution in [3.8, 4) is 0 Å². The second-order valence-corrected chi connectivity index (χ2v) is 8.17. The number of hydrogen-bond donors (Lipinski definition) is 2. The third-order valence-corrected chi connectivity index (χ3v) is 5.88. The maximum atomic E-state index is 12.8. The van der Waals surface area contributed by atoms with Gasteiger partial charge in [-0.15, -0.1) is 0 Å². The summed E-state index contributed by atoms with van der Waals surface area (Å²) in [5.41, 5.74) is 4.93. The van der Waals surface area contributed by atoms with Crippen molar-refractivity contribution in [3.05, 3.63) is 40.3 Å². The van der Waals surface area contributed by atoms with Gasteiger partial charge in [-0.25, -0.2) is 4.68 Å². The van der Waals surface area contributed by atoms with Crippen LogP contribution in [0.25, 0.3) is 10.8 Å². The highest BCUT2D eigenvalue weighted by molar-refractivity contribution is 6.05. The van der Waals surface area contributed by atoms with E-state index in [0.717, 1.165) is 25.7 Å². The van der Waals surface area contributed by atoms with Crippen LogP contribution >= 0.6 is 0 Å². The molecule has 0 saturated heterocycles. The lowest BCUT2D eigenvalue weighted by molar-refractivity contribution is -0.122. The van der Waals surface area contributed by atoms with Crippen LogP contribution in [0.15, 0.2) is 29.1 Å². The lowest BCUT2D eigenvalue weighted by atomic mass is 9.86. The number of rotatable bonds is 8. The molecule has 2 N–H and O–H groups in total. The van der Waals surface area contributed by atoms with Gasteiger partial charge in [-0.05, 0) is 24.8 Å². The first kappa shape index (κ1) is 22.0. The van der Waals surface area contributed by atoms with E-state index in [2.05, 4.69) is 22.9 Å². The summed E-state index contributed by atoms with van der Waals surface area (Å²) in [5.74, 6) is -0.103. The van der Waals surface area contributed by atoms with Gasteiger partial charge in [-0.1, -0.05) is 70.1 Å². The monoisotopic (exact) mass is 412 g/mol. The average molecular weight is 413 g/mol. The molecule has 2 amide bonds. The van der Waals surface area contributed by atoms with E-state index in [0.29, 0.717) is 29.7 Å². The number of carbonyl (C=O) groups is 2. The minimum absolute atomic E-state index is 0.147. The molecule has 162 valence electrons. The number of unbranched alkanes of at least 4 members (excludes halogenated alkanes) is 2. The maximum absolute atomic E-state index is 12.8. The fourth-order valence-corrected chi connectivity index (χ4v) is 4.13. The van der Waals surface area contributed by atoms with Crippen LogP contribution in [0, 0.1) is 5.92 Å². The molecule has 30 heavy (non-hydrogen) atoms. The van der Waals surface area contributed by atoms with Crippen molar-refractivity contribution < 1.29 is 9.59 Å². The molecule has 1 heterocycles. The van der Waals surface area contributed by atoms with Crippen LogP contribution < -0.4 is 16.4 Å². The van der Waals surface area contributed by atoms with Crippen LogP contribution in [-0.2, 0) is 11.3 Å². The predicted octanol–water partition coefficient (Wildman–Crippen LogP) is 3.71. The molecule has 1 aliphatic carbocycles. The summed E-state index contributed by atoms with van der Waals surface area (Å²) >= 11 is 0. The Morgan fingerprint density at radius 3 is 2.53 bits per heavy atom. The summed E-state index contributed by atoms with van der Waals surface area (Å²) < 4.78 is 1.36. The standard InChI is InChI=1S/C23H32N4O3/c1-2-3-9-16-27-23(30)19-13-8-7-12-18(19)21(26-27)22(29)25-24-20(28)15-14-17-10-5-4-6-11-17/h7-8,12-13,17H,2-6,9-11,14-16H2,1H3,(H,24,28)(H,25,29). The second-order valence-electron chi connectivity index (χ2n) is 8.17. The zero-order valence-electron chi connectivity index (χ0n) is 17.8. The first-order valence-electron chi connectivity index (χ1n) is 11.2. The van der Waals surface area contributed by atoms with Crippen LogP contribution in [0.1, 0.15) is 81.6 Å². The maximum Gasteiger partial charge on any atom is 0.290 e. The van der Waals surface area contributed by atoms with Crippen LogP contribution in [0.2, 0.25) is 0 Å². The Morgan fingerprint density at radius 1 is 1.07 bits per heavy atom. The van der Waals surface area contributed by atoms with Crippen LogP contribution in [-0.4, -0.2) is 21.6 Å². The Labute approximate surface area is 177 Å². The van der Waals surface area contributed by atoms with Gasteiger partial charge in [-0.3, -0.25) is 25.2 Å². The Hall–Kier alpha value is -2.70. The normalized spacial score (nSPS) is 14.6. The largest absolute Gasteiger partial charge is 0.290 e. The molecule has 0 bridgehead atoms. The first-order chi connectivity index (χ1) is 14.6. The molecule has 2 aromatic rings. The second kappa shape index (κ2) is 10.9. The van der Waals surface area contributed by atoms with E-state index < -0.39 is 5.91 Å². The quantitative estimate of drug-likeness (QED) is 0.511. The minimum atomic E-state index is -0.513. The van der Waals surface area contributed by atoms with Gasteiger partial charge in [0.2, 0.25) is 5.91 Å². The van der Waals surface area contributed by atoms with Crippen LogP contribution in [0.4, 0.5) is 0 Å². The molecule has 7 heteroatoms. The average Bonchev–Trinajstić information content (AvgIpc) is 2.78. The molecule has 1 aromatic carbocycles. The van der Waals surface area contributed by atoms with Crippen molar-refractivity contribution in [2.24, 2.45) is 5.92 Å². The fourth-order valence-electron chi connectivity index (χ4n) is 4.13. The van der Waals surface area contributed by atoms with Gasteiger partial charge in [0.05, 0.1) is 5.39 Å². The highest BCUT2D eigenvalue weighted by Gasteiger charge is 2.18. The first-order valence-corrected chi connectivity index (χ1v) is 11.2. The Bertz CT molecular complexity index is 932. The van der Waals surface area contributed by atoms with Gasteiger partial charge in [0.1, 0.15) is 0 Å². The topological polar surface area (TPSA) is 93.1 Å². The van der Waals surface area contributed by atoms with Crippen molar-refractivity contribution in [2.45, 2.75) is 77.7 Å². The number of fused-ring (bicyclic) bond motifs is 1. The Morgan fingerprint density at radius 2 is 1.80 bits per heavy atom. The third-order valence-electron chi connectivity index (χ3n) is 5.88. The fraction of sp³-hybridized carbons (Fsp3) is 0.565. The van der Waals surface area contributed by atoms with Gasteiger partial charge < -0.3 is 0 Å². The highest BCUT2D eigenvalue weighted by Crippen LogP contribution is 2.27. The smallest absolute Gasteiger partial charge is 0.273 e. The van der Waals surface area contributed by atoms with Crippen molar-refractivity contribution in [3.63, 3.8) is 0 Å². The van der Waals surface area contributed by atoms with Crippen molar-refractivity contribution in [1.82, 2.24) is 20.6 Å². The number of nitrogens with one attached hydrogen (secondary N) is 2. The van der Waals surface area contributed by atoms with Gasteiger partial charge in [-0.2, -0.15) is 5.10 Å². The summed E-state index contributed by atoms with van der Waals surface area (Å²) in [5, 5.41) is 5.26. The third kappa shape index (κ3) is 5.68. The number of carbonyl (C=O) groups excluding carboxylic acids is 2. The molecular formula is C23H32N4O3. The van der Waals surface area contributed by atoms with E-state index in [9.17, 15) is 14.4 Å². The molecule has 0 atom stereocenters. The number of aromatic nitrogens is 2. The molecule has 0 unspecified atom stereocenters. The Balaban J connectivity index is 1.66. The molecule has 0 aliphatic heterocycles. The molecule has 7 nitrogen and oxygen atoms in total. The molecule has 1 aromatic heterocycles.